The van der Waals surface area contributed by atoms with Gasteiger partial charge in [-0.2, -0.15) is 0 Å². The van der Waals surface area contributed by atoms with E-state index in [1.54, 1.807) is 7.11 Å². The summed E-state index contributed by atoms with van der Waals surface area (Å²) in [7, 11) is 1.70. The maximum Gasteiger partial charge on any atom is 0.191 e. The summed E-state index contributed by atoms with van der Waals surface area (Å²) in [4.78, 5) is 9.91. The number of hydrogen-bond acceptors (Lipinski definition) is 6. The number of aliphatic imine (C=N–C) groups is 1. The topological polar surface area (TPSA) is 70.6 Å². The van der Waals surface area contributed by atoms with E-state index in [1.165, 1.54) is 12.0 Å². The molecule has 2 aliphatic rings. The largest absolute Gasteiger partial charge is 0.497 e. The van der Waals surface area contributed by atoms with Crippen molar-refractivity contribution in [3.8, 4) is 5.75 Å². The molecule has 2 saturated heterocycles. The summed E-state index contributed by atoms with van der Waals surface area (Å²) in [6.45, 7) is 13.0. The highest BCUT2D eigenvalue weighted by atomic mass is 16.5. The Labute approximate surface area is 193 Å². The number of ether oxygens (including phenoxy) is 3. The van der Waals surface area contributed by atoms with E-state index in [1.807, 2.05) is 12.1 Å². The van der Waals surface area contributed by atoms with Crippen LogP contribution in [0, 0.1) is 0 Å². The number of nitrogens with one attached hydrogen (secondary N) is 2. The van der Waals surface area contributed by atoms with Gasteiger partial charge in [0.1, 0.15) is 5.75 Å². The first-order chi connectivity index (χ1) is 15.8. The normalized spacial score (nSPS) is 19.5. The Morgan fingerprint density at radius 3 is 2.34 bits per heavy atom. The van der Waals surface area contributed by atoms with Crippen LogP contribution in [0.25, 0.3) is 0 Å². The Morgan fingerprint density at radius 1 is 1.00 bits per heavy atom. The van der Waals surface area contributed by atoms with Crippen molar-refractivity contribution < 1.29 is 14.2 Å². The Bertz CT molecular complexity index is 658. The van der Waals surface area contributed by atoms with Gasteiger partial charge in [-0.1, -0.05) is 12.1 Å². The maximum atomic E-state index is 5.57. The smallest absolute Gasteiger partial charge is 0.191 e. The van der Waals surface area contributed by atoms with Crippen molar-refractivity contribution in [1.29, 1.82) is 0 Å². The molecule has 2 heterocycles. The Balaban J connectivity index is 1.53. The lowest BCUT2D eigenvalue weighted by molar-refractivity contribution is 0.0179. The molecule has 32 heavy (non-hydrogen) atoms. The second-order valence-electron chi connectivity index (χ2n) is 8.24. The van der Waals surface area contributed by atoms with E-state index in [9.17, 15) is 0 Å². The van der Waals surface area contributed by atoms with Gasteiger partial charge in [0, 0.05) is 39.3 Å². The second-order valence-corrected chi connectivity index (χ2v) is 8.24. The SMILES string of the molecule is CCNC(=NCC(c1ccc(OC)cc1)N1CCOCC1)NCCCCN1CCOCC1. The van der Waals surface area contributed by atoms with E-state index >= 15 is 0 Å². The summed E-state index contributed by atoms with van der Waals surface area (Å²) in [5.41, 5.74) is 1.26. The molecule has 0 spiro atoms. The average molecular weight is 448 g/mol. The summed E-state index contributed by atoms with van der Waals surface area (Å²) >= 11 is 0. The lowest BCUT2D eigenvalue weighted by atomic mass is 10.0. The molecular weight excluding hydrogens is 406 g/mol. The molecule has 2 N–H and O–H groups in total. The van der Waals surface area contributed by atoms with Crippen LogP contribution in [-0.4, -0.2) is 102 Å². The fourth-order valence-electron chi connectivity index (χ4n) is 4.16. The predicted molar refractivity (Wildman–Crippen MR) is 129 cm³/mol. The van der Waals surface area contributed by atoms with Crippen LogP contribution in [-0.2, 0) is 9.47 Å². The third kappa shape index (κ3) is 8.24. The monoisotopic (exact) mass is 447 g/mol. The van der Waals surface area contributed by atoms with Crippen LogP contribution < -0.4 is 15.4 Å². The molecule has 0 aliphatic carbocycles. The van der Waals surface area contributed by atoms with E-state index < -0.39 is 0 Å². The number of nitrogens with zero attached hydrogens (tertiary/aromatic N) is 3. The molecule has 180 valence electrons. The lowest BCUT2D eigenvalue weighted by Crippen LogP contribution is -2.42. The minimum atomic E-state index is 0.224. The van der Waals surface area contributed by atoms with Crippen molar-refractivity contribution in [1.82, 2.24) is 20.4 Å². The molecule has 2 fully saturated rings. The second kappa shape index (κ2) is 14.3. The van der Waals surface area contributed by atoms with Crippen molar-refractivity contribution in [2.45, 2.75) is 25.8 Å². The van der Waals surface area contributed by atoms with E-state index in [0.717, 1.165) is 90.4 Å². The van der Waals surface area contributed by atoms with Crippen LogP contribution >= 0.6 is 0 Å². The zero-order valence-corrected chi connectivity index (χ0v) is 19.9. The van der Waals surface area contributed by atoms with Crippen molar-refractivity contribution in [2.75, 3.05) is 85.9 Å². The summed E-state index contributed by atoms with van der Waals surface area (Å²) in [5.74, 6) is 1.77. The standard InChI is InChI=1S/C24H41N5O3/c1-3-25-24(26-10-4-5-11-28-12-16-31-17-13-28)27-20-23(29-14-18-32-19-15-29)21-6-8-22(30-2)9-7-21/h6-9,23H,3-5,10-20H2,1-2H3,(H2,25,26,27). The molecule has 0 bridgehead atoms. The molecule has 0 radical (unpaired) electrons. The molecule has 0 saturated carbocycles. The summed E-state index contributed by atoms with van der Waals surface area (Å²) < 4.78 is 16.3. The van der Waals surface area contributed by atoms with Gasteiger partial charge in [0.25, 0.3) is 0 Å². The van der Waals surface area contributed by atoms with E-state index in [2.05, 4.69) is 39.5 Å². The van der Waals surface area contributed by atoms with Crippen LogP contribution in [0.3, 0.4) is 0 Å². The van der Waals surface area contributed by atoms with Gasteiger partial charge in [-0.3, -0.25) is 14.8 Å². The van der Waals surface area contributed by atoms with Gasteiger partial charge in [0.15, 0.2) is 5.96 Å². The zero-order chi connectivity index (χ0) is 22.4. The molecule has 1 aromatic carbocycles. The maximum absolute atomic E-state index is 5.57. The average Bonchev–Trinajstić information content (AvgIpc) is 2.85. The third-order valence-electron chi connectivity index (χ3n) is 6.05. The summed E-state index contributed by atoms with van der Waals surface area (Å²) in [6.07, 6.45) is 2.32. The van der Waals surface area contributed by atoms with Crippen LogP contribution in [0.5, 0.6) is 5.75 Å². The van der Waals surface area contributed by atoms with Crippen molar-refractivity contribution in [2.24, 2.45) is 4.99 Å². The first kappa shape index (κ1) is 24.8. The van der Waals surface area contributed by atoms with Gasteiger partial charge in [-0.25, -0.2) is 0 Å². The van der Waals surface area contributed by atoms with Gasteiger partial charge in [0.2, 0.25) is 0 Å². The number of guanidine groups is 1. The molecule has 8 heteroatoms. The molecule has 1 atom stereocenters. The van der Waals surface area contributed by atoms with Crippen molar-refractivity contribution >= 4 is 5.96 Å². The highest BCUT2D eigenvalue weighted by molar-refractivity contribution is 5.79. The third-order valence-corrected chi connectivity index (χ3v) is 6.05. The minimum Gasteiger partial charge on any atom is -0.497 e. The quantitative estimate of drug-likeness (QED) is 0.304. The van der Waals surface area contributed by atoms with Crippen LogP contribution in [0.15, 0.2) is 29.3 Å². The van der Waals surface area contributed by atoms with Crippen molar-refractivity contribution in [3.05, 3.63) is 29.8 Å². The van der Waals surface area contributed by atoms with Crippen LogP contribution in [0.4, 0.5) is 0 Å². The molecule has 1 unspecified atom stereocenters. The van der Waals surface area contributed by atoms with Gasteiger partial charge in [0.05, 0.1) is 46.1 Å². The van der Waals surface area contributed by atoms with Crippen molar-refractivity contribution in [3.63, 3.8) is 0 Å². The molecule has 2 aliphatic heterocycles. The zero-order valence-electron chi connectivity index (χ0n) is 19.9. The molecule has 0 aromatic heterocycles. The first-order valence-electron chi connectivity index (χ1n) is 12.1. The van der Waals surface area contributed by atoms with Gasteiger partial charge >= 0.3 is 0 Å². The number of methoxy groups -OCH3 is 1. The first-order valence-corrected chi connectivity index (χ1v) is 12.1. The van der Waals surface area contributed by atoms with Gasteiger partial charge in [-0.05, 0) is 44.0 Å². The molecule has 8 nitrogen and oxygen atoms in total. The number of rotatable bonds is 11. The van der Waals surface area contributed by atoms with Gasteiger partial charge < -0.3 is 24.8 Å². The predicted octanol–water partition coefficient (Wildman–Crippen LogP) is 1.74. The highest BCUT2D eigenvalue weighted by Crippen LogP contribution is 2.24. The van der Waals surface area contributed by atoms with E-state index in [0.29, 0.717) is 6.54 Å². The Kier molecular flexibility index (Phi) is 11.1. The number of hydrogen-bond donors (Lipinski definition) is 2. The molecule has 1 aromatic rings. The number of unbranched alkanes of at least 4 members (excludes halogenated alkanes) is 1. The molecular formula is C24H41N5O3. The van der Waals surface area contributed by atoms with Crippen LogP contribution in [0.2, 0.25) is 0 Å². The molecule has 0 amide bonds. The summed E-state index contributed by atoms with van der Waals surface area (Å²) in [6, 6.07) is 8.59. The number of morpholine rings is 2. The fraction of sp³-hybridized carbons (Fsp3) is 0.708. The highest BCUT2D eigenvalue weighted by Gasteiger charge is 2.22. The Morgan fingerprint density at radius 2 is 1.69 bits per heavy atom. The summed E-state index contributed by atoms with van der Waals surface area (Å²) in [5, 5.41) is 6.92. The Hall–Kier alpha value is -1.87. The fourth-order valence-corrected chi connectivity index (χ4v) is 4.16. The van der Waals surface area contributed by atoms with Crippen LogP contribution in [0.1, 0.15) is 31.4 Å². The molecule has 3 rings (SSSR count). The number of benzene rings is 1. The van der Waals surface area contributed by atoms with Gasteiger partial charge in [-0.15, -0.1) is 0 Å². The minimum absolute atomic E-state index is 0.224. The van der Waals surface area contributed by atoms with E-state index in [-0.39, 0.29) is 6.04 Å². The van der Waals surface area contributed by atoms with E-state index in [4.69, 9.17) is 19.2 Å². The lowest BCUT2D eigenvalue weighted by Gasteiger charge is -2.34.